The van der Waals surface area contributed by atoms with Crippen LogP contribution in [0.1, 0.15) is 30.4 Å². The average molecular weight is 414 g/mol. The molecule has 8 nitrogen and oxygen atoms in total. The zero-order valence-electron chi connectivity index (χ0n) is 15.7. The normalized spacial score (nSPS) is 22.2. The lowest BCUT2D eigenvalue weighted by molar-refractivity contribution is -0.123. The quantitative estimate of drug-likeness (QED) is 0.703. The number of amides is 1. The number of allylic oxidation sites excluding steroid dienone is 1. The van der Waals surface area contributed by atoms with Gasteiger partial charge in [-0.1, -0.05) is 11.6 Å². The summed E-state index contributed by atoms with van der Waals surface area (Å²) in [6.45, 7) is 0. The number of nitrogens with one attached hydrogen (secondary N) is 1. The molecule has 0 saturated carbocycles. The van der Waals surface area contributed by atoms with Crippen LogP contribution in [-0.2, 0) is 29.1 Å². The number of ether oxygens (including phenoxy) is 1. The Kier molecular flexibility index (Phi) is 3.52. The molecule has 29 heavy (non-hydrogen) atoms. The molecule has 0 bridgehead atoms. The van der Waals surface area contributed by atoms with Crippen LogP contribution < -0.4 is 21.3 Å². The van der Waals surface area contributed by atoms with E-state index < -0.39 is 22.6 Å². The highest BCUT2D eigenvalue weighted by atomic mass is 35.5. The predicted molar refractivity (Wildman–Crippen MR) is 104 cm³/mol. The average Bonchev–Trinajstić information content (AvgIpc) is 2.96. The molecule has 1 amide bonds. The fraction of sp³-hybridized carbons (Fsp3) is 0.300. The molecule has 2 aliphatic heterocycles. The summed E-state index contributed by atoms with van der Waals surface area (Å²) < 4.78 is 8.04. The fourth-order valence-electron chi connectivity index (χ4n) is 4.61. The first-order valence-electron chi connectivity index (χ1n) is 9.15. The number of hydrogen-bond acceptors (Lipinski definition) is 5. The SMILES string of the molecule is Cn1c2c(c(=O)n(C)c1=O)C1(C(=O)Nc3ccc(Cl)cc31)C1=C(CCCC1=O)O2. The van der Waals surface area contributed by atoms with Crippen molar-refractivity contribution in [1.82, 2.24) is 9.13 Å². The van der Waals surface area contributed by atoms with E-state index in [0.29, 0.717) is 34.9 Å². The number of Topliss-reactive ketones (excluding diaryl/α,β-unsaturated/α-hetero) is 1. The molecular formula is C20H16ClN3O5. The topological polar surface area (TPSA) is 99.4 Å². The van der Waals surface area contributed by atoms with Crippen molar-refractivity contribution in [3.8, 4) is 5.88 Å². The molecule has 1 aromatic heterocycles. The first-order chi connectivity index (χ1) is 13.8. The minimum atomic E-state index is -1.71. The number of hydrogen-bond donors (Lipinski definition) is 1. The Morgan fingerprint density at radius 3 is 2.62 bits per heavy atom. The van der Waals surface area contributed by atoms with E-state index in [1.807, 2.05) is 0 Å². The largest absolute Gasteiger partial charge is 0.444 e. The molecule has 0 radical (unpaired) electrons. The van der Waals surface area contributed by atoms with E-state index >= 15 is 0 Å². The third kappa shape index (κ3) is 2.04. The summed E-state index contributed by atoms with van der Waals surface area (Å²) in [5.74, 6) is -0.483. The third-order valence-electron chi connectivity index (χ3n) is 5.92. The monoisotopic (exact) mass is 413 g/mol. The number of anilines is 1. The van der Waals surface area contributed by atoms with Gasteiger partial charge in [0.15, 0.2) is 5.78 Å². The van der Waals surface area contributed by atoms with Crippen LogP contribution in [0.3, 0.4) is 0 Å². The van der Waals surface area contributed by atoms with Gasteiger partial charge in [0.25, 0.3) is 5.56 Å². The van der Waals surface area contributed by atoms with Gasteiger partial charge in [-0.05, 0) is 24.6 Å². The summed E-state index contributed by atoms with van der Waals surface area (Å²) in [6, 6.07) is 4.84. The van der Waals surface area contributed by atoms with E-state index in [1.165, 1.54) is 18.7 Å². The lowest BCUT2D eigenvalue weighted by Crippen LogP contribution is -2.52. The molecule has 3 heterocycles. The second kappa shape index (κ2) is 5.70. The standard InChI is InChI=1S/C20H16ClN3O5/c1-23-16(26)15-17(24(2)19(23)28)29-13-5-3-4-12(25)14(13)20(15)10-8-9(21)6-7-11(10)22-18(20)27/h6-8H,3-5H2,1-2H3,(H,22,27). The summed E-state index contributed by atoms with van der Waals surface area (Å²) in [4.78, 5) is 52.4. The Bertz CT molecular complexity index is 1300. The first-order valence-corrected chi connectivity index (χ1v) is 9.53. The molecule has 148 valence electrons. The van der Waals surface area contributed by atoms with Crippen molar-refractivity contribution in [3.05, 3.63) is 66.5 Å². The van der Waals surface area contributed by atoms with Crippen molar-refractivity contribution in [3.63, 3.8) is 0 Å². The highest BCUT2D eigenvalue weighted by molar-refractivity contribution is 6.31. The van der Waals surface area contributed by atoms with Crippen LogP contribution in [0, 0.1) is 0 Å². The second-order valence-electron chi connectivity index (χ2n) is 7.46. The Labute approximate surface area is 169 Å². The number of rotatable bonds is 0. The summed E-state index contributed by atoms with van der Waals surface area (Å²) in [7, 11) is 2.80. The van der Waals surface area contributed by atoms with Gasteiger partial charge in [0.1, 0.15) is 16.7 Å². The van der Waals surface area contributed by atoms with Gasteiger partial charge in [-0.2, -0.15) is 0 Å². The molecular weight excluding hydrogens is 398 g/mol. The summed E-state index contributed by atoms with van der Waals surface area (Å²) in [5, 5.41) is 3.15. The molecule has 1 spiro atoms. The highest BCUT2D eigenvalue weighted by Crippen LogP contribution is 2.54. The fourth-order valence-corrected chi connectivity index (χ4v) is 4.79. The minimum absolute atomic E-state index is 0.0190. The van der Waals surface area contributed by atoms with Crippen molar-refractivity contribution in [2.24, 2.45) is 14.1 Å². The Morgan fingerprint density at radius 1 is 1.10 bits per heavy atom. The van der Waals surface area contributed by atoms with E-state index in [0.717, 1.165) is 4.57 Å². The van der Waals surface area contributed by atoms with Gasteiger partial charge in [-0.15, -0.1) is 0 Å². The van der Waals surface area contributed by atoms with E-state index in [-0.39, 0.29) is 29.2 Å². The van der Waals surface area contributed by atoms with Crippen LogP contribution in [0.4, 0.5) is 5.69 Å². The first kappa shape index (κ1) is 17.9. The maximum atomic E-state index is 13.5. The minimum Gasteiger partial charge on any atom is -0.444 e. The predicted octanol–water partition coefficient (Wildman–Crippen LogP) is 1.38. The van der Waals surface area contributed by atoms with Crippen LogP contribution in [0.15, 0.2) is 39.1 Å². The van der Waals surface area contributed by atoms with Gasteiger partial charge in [0.05, 0.1) is 5.57 Å². The van der Waals surface area contributed by atoms with Crippen molar-refractivity contribution in [1.29, 1.82) is 0 Å². The van der Waals surface area contributed by atoms with Gasteiger partial charge in [0, 0.05) is 43.2 Å². The van der Waals surface area contributed by atoms with Gasteiger partial charge >= 0.3 is 5.69 Å². The van der Waals surface area contributed by atoms with Gasteiger partial charge in [0.2, 0.25) is 11.8 Å². The van der Waals surface area contributed by atoms with Crippen LogP contribution >= 0.6 is 11.6 Å². The smallest absolute Gasteiger partial charge is 0.333 e. The van der Waals surface area contributed by atoms with E-state index in [4.69, 9.17) is 16.3 Å². The number of fused-ring (bicyclic) bond motifs is 5. The second-order valence-corrected chi connectivity index (χ2v) is 7.89. The molecule has 1 aromatic carbocycles. The van der Waals surface area contributed by atoms with Crippen molar-refractivity contribution in [2.45, 2.75) is 24.7 Å². The van der Waals surface area contributed by atoms with E-state index in [1.54, 1.807) is 18.2 Å². The number of benzene rings is 1. The number of ketones is 1. The van der Waals surface area contributed by atoms with Crippen molar-refractivity contribution >= 4 is 29.0 Å². The Balaban J connectivity index is 2.03. The van der Waals surface area contributed by atoms with Crippen LogP contribution in [0.2, 0.25) is 5.02 Å². The molecule has 5 rings (SSSR count). The zero-order chi connectivity index (χ0) is 20.7. The molecule has 3 aliphatic rings. The van der Waals surface area contributed by atoms with Gasteiger partial charge in [-0.3, -0.25) is 23.5 Å². The molecule has 0 saturated heterocycles. The molecule has 1 N–H and O–H groups in total. The van der Waals surface area contributed by atoms with Crippen LogP contribution in [0.25, 0.3) is 0 Å². The molecule has 2 aromatic rings. The van der Waals surface area contributed by atoms with E-state index in [2.05, 4.69) is 5.32 Å². The molecule has 1 aliphatic carbocycles. The third-order valence-corrected chi connectivity index (χ3v) is 6.16. The molecule has 1 unspecified atom stereocenters. The molecule has 0 fully saturated rings. The lowest BCUT2D eigenvalue weighted by atomic mass is 9.65. The number of nitrogens with zero attached hydrogens (tertiary/aromatic N) is 2. The van der Waals surface area contributed by atoms with E-state index in [9.17, 15) is 19.2 Å². The van der Waals surface area contributed by atoms with Crippen molar-refractivity contribution in [2.75, 3.05) is 5.32 Å². The number of aromatic nitrogens is 2. The van der Waals surface area contributed by atoms with Crippen LogP contribution in [0.5, 0.6) is 5.88 Å². The highest BCUT2D eigenvalue weighted by Gasteiger charge is 2.60. The Hall–Kier alpha value is -3.13. The summed E-state index contributed by atoms with van der Waals surface area (Å²) >= 11 is 6.23. The van der Waals surface area contributed by atoms with Gasteiger partial charge < -0.3 is 10.1 Å². The van der Waals surface area contributed by atoms with Crippen molar-refractivity contribution < 1.29 is 14.3 Å². The number of carbonyl (C=O) groups excluding carboxylic acids is 2. The van der Waals surface area contributed by atoms with Gasteiger partial charge in [-0.25, -0.2) is 4.79 Å². The zero-order valence-corrected chi connectivity index (χ0v) is 16.4. The lowest BCUT2D eigenvalue weighted by Gasteiger charge is -2.38. The Morgan fingerprint density at radius 2 is 1.86 bits per heavy atom. The van der Waals surface area contributed by atoms with Crippen LogP contribution in [-0.4, -0.2) is 20.8 Å². The summed E-state index contributed by atoms with van der Waals surface area (Å²) in [5.41, 5.74) is -1.98. The maximum absolute atomic E-state index is 13.5. The maximum Gasteiger partial charge on any atom is 0.333 e. The molecule has 1 atom stereocenters. The summed E-state index contributed by atoms with van der Waals surface area (Å²) in [6.07, 6.45) is 1.23. The number of carbonyl (C=O) groups is 2. The number of halogens is 1. The molecule has 9 heteroatoms.